The van der Waals surface area contributed by atoms with E-state index in [-0.39, 0.29) is 17.1 Å². The lowest BCUT2D eigenvalue weighted by Crippen LogP contribution is -2.13. The Labute approximate surface area is 117 Å². The molecule has 92 valence electrons. The number of phenolic OH excluding ortho intramolecular Hbond substituents is 2. The molecular weight excluding hydrogens is 347 g/mol. The first-order chi connectivity index (χ1) is 8.58. The standard InChI is InChI=1S/C12H9IN2O3/c13-7-4-5-10(14-6-7)15-12(18)11-8(16)2-1-3-9(11)17/h1-6,16-17H,(H,14,15,18). The Morgan fingerprint density at radius 3 is 2.39 bits per heavy atom. The molecule has 1 heterocycles. The number of rotatable bonds is 2. The van der Waals surface area contributed by atoms with Crippen LogP contribution in [0.4, 0.5) is 5.82 Å². The smallest absolute Gasteiger partial charge is 0.264 e. The number of nitrogens with zero attached hydrogens (tertiary/aromatic N) is 1. The van der Waals surface area contributed by atoms with Crippen molar-refractivity contribution >= 4 is 34.3 Å². The lowest BCUT2D eigenvalue weighted by Gasteiger charge is -2.07. The van der Waals surface area contributed by atoms with E-state index >= 15 is 0 Å². The quantitative estimate of drug-likeness (QED) is 0.722. The van der Waals surface area contributed by atoms with Gasteiger partial charge in [-0.25, -0.2) is 4.98 Å². The van der Waals surface area contributed by atoms with Crippen LogP contribution in [0.25, 0.3) is 0 Å². The molecular formula is C12H9IN2O3. The van der Waals surface area contributed by atoms with Crippen molar-refractivity contribution in [3.63, 3.8) is 0 Å². The summed E-state index contributed by atoms with van der Waals surface area (Å²) >= 11 is 2.10. The van der Waals surface area contributed by atoms with Crippen molar-refractivity contribution in [3.8, 4) is 11.5 Å². The number of pyridine rings is 1. The highest BCUT2D eigenvalue weighted by Gasteiger charge is 2.16. The maximum absolute atomic E-state index is 11.9. The molecule has 1 aromatic carbocycles. The summed E-state index contributed by atoms with van der Waals surface area (Å²) in [6.45, 7) is 0. The largest absolute Gasteiger partial charge is 0.507 e. The molecule has 0 spiro atoms. The number of amides is 1. The molecule has 0 saturated heterocycles. The van der Waals surface area contributed by atoms with Crippen LogP contribution in [0.3, 0.4) is 0 Å². The molecule has 1 aromatic heterocycles. The third kappa shape index (κ3) is 2.70. The Balaban J connectivity index is 2.25. The van der Waals surface area contributed by atoms with Crippen LogP contribution in [-0.2, 0) is 0 Å². The van der Waals surface area contributed by atoms with Gasteiger partial charge in [-0.2, -0.15) is 0 Å². The fraction of sp³-hybridized carbons (Fsp3) is 0. The molecule has 0 aliphatic rings. The van der Waals surface area contributed by atoms with Crippen molar-refractivity contribution in [2.45, 2.75) is 0 Å². The fourth-order valence-corrected chi connectivity index (χ4v) is 1.71. The molecule has 6 heteroatoms. The number of carbonyl (C=O) groups excluding carboxylic acids is 1. The molecule has 0 fully saturated rings. The van der Waals surface area contributed by atoms with Gasteiger partial charge in [0.1, 0.15) is 22.9 Å². The van der Waals surface area contributed by atoms with Gasteiger partial charge in [-0.1, -0.05) is 6.07 Å². The highest BCUT2D eigenvalue weighted by Crippen LogP contribution is 2.26. The molecule has 5 nitrogen and oxygen atoms in total. The lowest BCUT2D eigenvalue weighted by atomic mass is 10.1. The molecule has 0 bridgehead atoms. The van der Waals surface area contributed by atoms with Crippen molar-refractivity contribution < 1.29 is 15.0 Å². The normalized spacial score (nSPS) is 10.1. The summed E-state index contributed by atoms with van der Waals surface area (Å²) in [7, 11) is 0. The van der Waals surface area contributed by atoms with Gasteiger partial charge in [0.05, 0.1) is 0 Å². The maximum atomic E-state index is 11.9. The SMILES string of the molecule is O=C(Nc1ccc(I)cn1)c1c(O)cccc1O. The van der Waals surface area contributed by atoms with Crippen LogP contribution in [-0.4, -0.2) is 21.1 Å². The molecule has 0 saturated carbocycles. The first-order valence-electron chi connectivity index (χ1n) is 5.02. The first-order valence-corrected chi connectivity index (χ1v) is 6.09. The maximum Gasteiger partial charge on any atom is 0.264 e. The van der Waals surface area contributed by atoms with Gasteiger partial charge in [0.2, 0.25) is 0 Å². The second-order valence-corrected chi connectivity index (χ2v) is 4.73. The predicted octanol–water partition coefficient (Wildman–Crippen LogP) is 2.35. The molecule has 0 aliphatic heterocycles. The summed E-state index contributed by atoms with van der Waals surface area (Å²) in [6.07, 6.45) is 1.60. The van der Waals surface area contributed by atoms with Crippen molar-refractivity contribution in [2.75, 3.05) is 5.32 Å². The molecule has 18 heavy (non-hydrogen) atoms. The highest BCUT2D eigenvalue weighted by atomic mass is 127. The van der Waals surface area contributed by atoms with Crippen LogP contribution < -0.4 is 5.32 Å². The van der Waals surface area contributed by atoms with Gasteiger partial charge in [0.15, 0.2) is 0 Å². The topological polar surface area (TPSA) is 82.5 Å². The number of anilines is 1. The number of hydrogen-bond donors (Lipinski definition) is 3. The summed E-state index contributed by atoms with van der Waals surface area (Å²) in [5.41, 5.74) is -0.169. The van der Waals surface area contributed by atoms with Crippen LogP contribution >= 0.6 is 22.6 Å². The number of carbonyl (C=O) groups is 1. The number of nitrogens with one attached hydrogen (secondary N) is 1. The lowest BCUT2D eigenvalue weighted by molar-refractivity contribution is 0.102. The van der Waals surface area contributed by atoms with E-state index in [0.717, 1.165) is 3.57 Å². The van der Waals surface area contributed by atoms with E-state index in [1.807, 2.05) is 0 Å². The number of benzene rings is 1. The third-order valence-corrected chi connectivity index (χ3v) is 2.85. The van der Waals surface area contributed by atoms with Crippen LogP contribution in [0.5, 0.6) is 11.5 Å². The Hall–Kier alpha value is -1.83. The number of aromatic nitrogens is 1. The molecule has 0 aliphatic carbocycles. The van der Waals surface area contributed by atoms with E-state index < -0.39 is 5.91 Å². The highest BCUT2D eigenvalue weighted by molar-refractivity contribution is 14.1. The van der Waals surface area contributed by atoms with E-state index in [0.29, 0.717) is 5.82 Å². The minimum Gasteiger partial charge on any atom is -0.507 e. The monoisotopic (exact) mass is 356 g/mol. The van der Waals surface area contributed by atoms with Gasteiger partial charge in [0.25, 0.3) is 5.91 Å². The third-order valence-electron chi connectivity index (χ3n) is 2.22. The summed E-state index contributed by atoms with van der Waals surface area (Å²) in [5.74, 6) is -0.821. The zero-order valence-electron chi connectivity index (χ0n) is 9.09. The van der Waals surface area contributed by atoms with Gasteiger partial charge in [-0.15, -0.1) is 0 Å². The fourth-order valence-electron chi connectivity index (χ4n) is 1.39. The number of aromatic hydroxyl groups is 2. The van der Waals surface area contributed by atoms with Gasteiger partial charge < -0.3 is 15.5 Å². The number of halogens is 1. The van der Waals surface area contributed by atoms with Crippen molar-refractivity contribution in [2.24, 2.45) is 0 Å². The molecule has 2 aromatic rings. The molecule has 2 rings (SSSR count). The van der Waals surface area contributed by atoms with E-state index in [2.05, 4.69) is 32.9 Å². The average Bonchev–Trinajstić information content (AvgIpc) is 2.32. The van der Waals surface area contributed by atoms with Gasteiger partial charge in [-0.3, -0.25) is 4.79 Å². The zero-order valence-corrected chi connectivity index (χ0v) is 11.2. The van der Waals surface area contributed by atoms with Crippen molar-refractivity contribution in [1.29, 1.82) is 0 Å². The second-order valence-electron chi connectivity index (χ2n) is 3.49. The second kappa shape index (κ2) is 5.21. The number of hydrogen-bond acceptors (Lipinski definition) is 4. The van der Waals surface area contributed by atoms with Crippen LogP contribution in [0, 0.1) is 3.57 Å². The van der Waals surface area contributed by atoms with Crippen molar-refractivity contribution in [3.05, 3.63) is 45.7 Å². The minimum absolute atomic E-state index is 0.169. The summed E-state index contributed by atoms with van der Waals surface area (Å²) < 4.78 is 0.941. The van der Waals surface area contributed by atoms with E-state index in [1.54, 1.807) is 18.3 Å². The molecule has 0 unspecified atom stereocenters. The predicted molar refractivity (Wildman–Crippen MR) is 74.7 cm³/mol. The van der Waals surface area contributed by atoms with E-state index in [1.165, 1.54) is 18.2 Å². The van der Waals surface area contributed by atoms with Crippen LogP contribution in [0.2, 0.25) is 0 Å². The molecule has 3 N–H and O–H groups in total. The Morgan fingerprint density at radius 2 is 1.83 bits per heavy atom. The van der Waals surface area contributed by atoms with Crippen LogP contribution in [0.1, 0.15) is 10.4 Å². The summed E-state index contributed by atoms with van der Waals surface area (Å²) in [6, 6.07) is 7.53. The number of phenols is 2. The van der Waals surface area contributed by atoms with Crippen LogP contribution in [0.15, 0.2) is 36.5 Å². The van der Waals surface area contributed by atoms with Crippen molar-refractivity contribution in [1.82, 2.24) is 4.98 Å². The average molecular weight is 356 g/mol. The zero-order chi connectivity index (χ0) is 13.1. The van der Waals surface area contributed by atoms with Gasteiger partial charge in [-0.05, 0) is 46.9 Å². The molecule has 1 amide bonds. The summed E-state index contributed by atoms with van der Waals surface area (Å²) in [5, 5.41) is 21.6. The Morgan fingerprint density at radius 1 is 1.17 bits per heavy atom. The first kappa shape index (κ1) is 12.6. The summed E-state index contributed by atoms with van der Waals surface area (Å²) in [4.78, 5) is 15.9. The minimum atomic E-state index is -0.612. The Kier molecular flexibility index (Phi) is 3.66. The van der Waals surface area contributed by atoms with Gasteiger partial charge >= 0.3 is 0 Å². The molecule has 0 atom stereocenters. The Bertz CT molecular complexity index is 564. The van der Waals surface area contributed by atoms with E-state index in [9.17, 15) is 15.0 Å². The molecule has 0 radical (unpaired) electrons. The van der Waals surface area contributed by atoms with E-state index in [4.69, 9.17) is 0 Å². The van der Waals surface area contributed by atoms with Gasteiger partial charge in [0, 0.05) is 9.77 Å².